The molecule has 1 fully saturated rings. The molecule has 31 heavy (non-hydrogen) atoms. The number of nitrogens with zero attached hydrogens (tertiary/aromatic N) is 4. The molecule has 3 rings (SSSR count). The van der Waals surface area contributed by atoms with Crippen LogP contribution >= 0.6 is 46.3 Å². The molecular weight excluding hydrogens is 475 g/mol. The van der Waals surface area contributed by atoms with Gasteiger partial charge in [-0.15, -0.1) is 23.2 Å². The van der Waals surface area contributed by atoms with E-state index in [0.717, 1.165) is 17.1 Å². The molecule has 2 atom stereocenters. The first-order chi connectivity index (χ1) is 14.5. The Kier molecular flexibility index (Phi) is 6.84. The van der Waals surface area contributed by atoms with Crippen LogP contribution in [0.1, 0.15) is 50.9 Å². The van der Waals surface area contributed by atoms with Gasteiger partial charge in [-0.1, -0.05) is 25.4 Å². The average Bonchev–Trinajstić information content (AvgIpc) is 2.99. The van der Waals surface area contributed by atoms with Gasteiger partial charge in [-0.3, -0.25) is 0 Å². The fourth-order valence-electron chi connectivity index (χ4n) is 3.70. The normalized spacial score (nSPS) is 22.0. The van der Waals surface area contributed by atoms with E-state index in [1.807, 2.05) is 38.8 Å². The summed E-state index contributed by atoms with van der Waals surface area (Å²) in [5.74, 6) is 0.540. The number of aliphatic imine (C=N–C) groups is 1. The lowest BCUT2D eigenvalue weighted by Gasteiger charge is -2.17. The molecule has 0 aliphatic heterocycles. The first kappa shape index (κ1) is 24.1. The minimum absolute atomic E-state index is 0.00678. The molecule has 0 radical (unpaired) electrons. The maximum atomic E-state index is 9.84. The third-order valence-electron chi connectivity index (χ3n) is 6.19. The van der Waals surface area contributed by atoms with Gasteiger partial charge < -0.3 is 9.64 Å². The zero-order chi connectivity index (χ0) is 23.1. The minimum atomic E-state index is -0.944. The summed E-state index contributed by atoms with van der Waals surface area (Å²) in [6, 6.07) is 6.13. The van der Waals surface area contributed by atoms with Crippen LogP contribution in [0.25, 0.3) is 0 Å². The van der Waals surface area contributed by atoms with E-state index in [1.54, 1.807) is 12.4 Å². The van der Waals surface area contributed by atoms with Crippen LogP contribution in [0.3, 0.4) is 0 Å². The molecule has 5 nitrogen and oxygen atoms in total. The van der Waals surface area contributed by atoms with Crippen LogP contribution in [0, 0.1) is 24.2 Å². The van der Waals surface area contributed by atoms with Crippen molar-refractivity contribution >= 4 is 58.4 Å². The molecule has 166 valence electrons. The topological polar surface area (TPSA) is 61.5 Å². The van der Waals surface area contributed by atoms with Crippen molar-refractivity contribution in [2.45, 2.75) is 56.8 Å². The first-order valence-corrected chi connectivity index (χ1v) is 11.9. The largest absolute Gasteiger partial charge is 0.443 e. The Balaban J connectivity index is 1.92. The molecular formula is C22H25Cl3N4OS. The van der Waals surface area contributed by atoms with Crippen LogP contribution in [0.15, 0.2) is 17.1 Å². The van der Waals surface area contributed by atoms with Gasteiger partial charge in [0.05, 0.1) is 28.2 Å². The Labute approximate surface area is 202 Å². The highest BCUT2D eigenvalue weighted by molar-refractivity contribution is 7.08. The highest BCUT2D eigenvalue weighted by Gasteiger charge is 2.75. The van der Waals surface area contributed by atoms with Crippen molar-refractivity contribution in [3.63, 3.8) is 0 Å². The molecule has 1 aliphatic carbocycles. The summed E-state index contributed by atoms with van der Waals surface area (Å²) in [5.41, 5.74) is 1.93. The SMILES string of the molecule is CCC1(c2nsc(Oc3cc(Cl)c(/N=C\N(C)C(C)C)cc3C)c2C#N)C(C)C1(Cl)Cl. The summed E-state index contributed by atoms with van der Waals surface area (Å²) < 4.78 is 9.67. The lowest BCUT2D eigenvalue weighted by Crippen LogP contribution is -2.24. The second-order valence-corrected chi connectivity index (χ2v) is 10.7. The molecule has 1 saturated carbocycles. The van der Waals surface area contributed by atoms with Crippen molar-refractivity contribution in [2.24, 2.45) is 10.9 Å². The van der Waals surface area contributed by atoms with Crippen LogP contribution in [0.4, 0.5) is 5.69 Å². The summed E-state index contributed by atoms with van der Waals surface area (Å²) in [4.78, 5) is 6.46. The van der Waals surface area contributed by atoms with Crippen molar-refractivity contribution in [2.75, 3.05) is 7.05 Å². The van der Waals surface area contributed by atoms with Gasteiger partial charge in [0, 0.05) is 36.6 Å². The molecule has 0 saturated heterocycles. The van der Waals surface area contributed by atoms with Crippen LogP contribution in [-0.4, -0.2) is 33.0 Å². The molecule has 1 aromatic carbocycles. The van der Waals surface area contributed by atoms with Crippen LogP contribution in [-0.2, 0) is 5.41 Å². The molecule has 1 aliphatic rings. The lowest BCUT2D eigenvalue weighted by atomic mass is 9.93. The van der Waals surface area contributed by atoms with Gasteiger partial charge in [0.2, 0.25) is 5.06 Å². The third kappa shape index (κ3) is 4.02. The van der Waals surface area contributed by atoms with E-state index in [1.165, 1.54) is 0 Å². The summed E-state index contributed by atoms with van der Waals surface area (Å²) in [6.07, 6.45) is 2.43. The Morgan fingerprint density at radius 1 is 1.42 bits per heavy atom. The molecule has 2 aromatic rings. The number of alkyl halides is 2. The van der Waals surface area contributed by atoms with E-state index in [2.05, 4.69) is 29.3 Å². The fraction of sp³-hybridized carbons (Fsp3) is 0.500. The van der Waals surface area contributed by atoms with E-state index in [-0.39, 0.29) is 5.92 Å². The second-order valence-electron chi connectivity index (χ2n) is 8.15. The Hall–Kier alpha value is -1.52. The molecule has 0 N–H and O–H groups in total. The molecule has 2 unspecified atom stereocenters. The Morgan fingerprint density at radius 3 is 2.58 bits per heavy atom. The van der Waals surface area contributed by atoms with Crippen molar-refractivity contribution in [1.82, 2.24) is 9.27 Å². The van der Waals surface area contributed by atoms with Crippen LogP contribution in [0.2, 0.25) is 5.02 Å². The number of aromatic nitrogens is 1. The maximum Gasteiger partial charge on any atom is 0.218 e. The fourth-order valence-corrected chi connectivity index (χ4v) is 5.73. The molecule has 0 amide bonds. The number of hydrogen-bond acceptors (Lipinski definition) is 5. The smallest absolute Gasteiger partial charge is 0.218 e. The van der Waals surface area contributed by atoms with E-state index in [9.17, 15) is 5.26 Å². The van der Waals surface area contributed by atoms with E-state index in [0.29, 0.717) is 45.2 Å². The number of nitriles is 1. The number of halogens is 3. The van der Waals surface area contributed by atoms with E-state index < -0.39 is 9.75 Å². The quantitative estimate of drug-likeness (QED) is 0.229. The van der Waals surface area contributed by atoms with Gasteiger partial charge in [0.15, 0.2) is 0 Å². The number of hydrogen-bond donors (Lipinski definition) is 0. The van der Waals surface area contributed by atoms with Gasteiger partial charge in [-0.2, -0.15) is 9.64 Å². The zero-order valence-corrected chi connectivity index (χ0v) is 21.4. The lowest BCUT2D eigenvalue weighted by molar-refractivity contribution is 0.429. The predicted molar refractivity (Wildman–Crippen MR) is 130 cm³/mol. The Bertz CT molecular complexity index is 1060. The first-order valence-electron chi connectivity index (χ1n) is 10.0. The van der Waals surface area contributed by atoms with Gasteiger partial charge in [-0.25, -0.2) is 4.99 Å². The average molecular weight is 500 g/mol. The van der Waals surface area contributed by atoms with Crippen molar-refractivity contribution < 1.29 is 4.74 Å². The summed E-state index contributed by atoms with van der Waals surface area (Å²) in [5, 5.41) is 10.7. The monoisotopic (exact) mass is 498 g/mol. The summed E-state index contributed by atoms with van der Waals surface area (Å²) in [6.45, 7) is 10.0. The zero-order valence-electron chi connectivity index (χ0n) is 18.3. The highest BCUT2D eigenvalue weighted by atomic mass is 35.5. The summed E-state index contributed by atoms with van der Waals surface area (Å²) in [7, 11) is 1.96. The van der Waals surface area contributed by atoms with Gasteiger partial charge in [-0.05, 0) is 38.8 Å². The van der Waals surface area contributed by atoms with E-state index in [4.69, 9.17) is 39.5 Å². The second kappa shape index (κ2) is 8.78. The highest BCUT2D eigenvalue weighted by Crippen LogP contribution is 2.71. The van der Waals surface area contributed by atoms with Crippen molar-refractivity contribution in [3.8, 4) is 16.9 Å². The molecule has 1 heterocycles. The molecule has 0 spiro atoms. The molecule has 9 heteroatoms. The summed E-state index contributed by atoms with van der Waals surface area (Å²) >= 11 is 20.6. The Morgan fingerprint density at radius 2 is 2.06 bits per heavy atom. The maximum absolute atomic E-state index is 9.84. The van der Waals surface area contributed by atoms with Gasteiger partial charge in [0.25, 0.3) is 0 Å². The van der Waals surface area contributed by atoms with Crippen molar-refractivity contribution in [1.29, 1.82) is 5.26 Å². The van der Waals surface area contributed by atoms with E-state index >= 15 is 0 Å². The molecule has 1 aromatic heterocycles. The number of ether oxygens (including phenoxy) is 1. The number of benzene rings is 1. The van der Waals surface area contributed by atoms with Gasteiger partial charge >= 0.3 is 0 Å². The third-order valence-corrected chi connectivity index (χ3v) is 8.55. The predicted octanol–water partition coefficient (Wildman–Crippen LogP) is 7.24. The van der Waals surface area contributed by atoms with Gasteiger partial charge in [0.1, 0.15) is 21.7 Å². The number of rotatable bonds is 7. The minimum Gasteiger partial charge on any atom is -0.443 e. The standard InChI is InChI=1S/C22H25Cl3N4OS/c1-7-21(14(5)22(21,24)25)19-15(10-26)20(31-28-19)30-18-9-16(23)17(8-13(18)4)27-11-29(6)12(2)3/h8-9,11-12,14H,7H2,1-6H3/b27-11-. The van der Waals surface area contributed by atoms with Crippen LogP contribution in [0.5, 0.6) is 10.8 Å². The number of aryl methyl sites for hydroxylation is 1. The molecule has 0 bridgehead atoms. The van der Waals surface area contributed by atoms with Crippen LogP contribution < -0.4 is 4.74 Å². The van der Waals surface area contributed by atoms with Crippen molar-refractivity contribution in [3.05, 3.63) is 34.0 Å².